The standard InChI is InChI=1S/C15H16N4O2/c1-9-11(8-19(2)17-9)14-13(15(16)21-18-14)10-6-4-5-7-12(10)20-3/h4-8H,16H2,1-3H3. The molecule has 0 radical (unpaired) electrons. The summed E-state index contributed by atoms with van der Waals surface area (Å²) in [6.45, 7) is 1.92. The van der Waals surface area contributed by atoms with Gasteiger partial charge in [0.2, 0.25) is 5.88 Å². The van der Waals surface area contributed by atoms with Gasteiger partial charge in [-0.2, -0.15) is 5.10 Å². The number of aromatic nitrogens is 3. The molecule has 3 aromatic rings. The fourth-order valence-corrected chi connectivity index (χ4v) is 2.43. The van der Waals surface area contributed by atoms with E-state index in [4.69, 9.17) is 15.0 Å². The molecule has 2 aromatic heterocycles. The Morgan fingerprint density at radius 3 is 2.67 bits per heavy atom. The van der Waals surface area contributed by atoms with Gasteiger partial charge in [-0.25, -0.2) is 0 Å². The Balaban J connectivity index is 2.25. The predicted octanol–water partition coefficient (Wildman–Crippen LogP) is 2.64. The van der Waals surface area contributed by atoms with E-state index in [1.807, 2.05) is 44.4 Å². The van der Waals surface area contributed by atoms with Crippen molar-refractivity contribution in [3.8, 4) is 28.1 Å². The molecule has 0 aliphatic heterocycles. The minimum absolute atomic E-state index is 0.262. The highest BCUT2D eigenvalue weighted by molar-refractivity contribution is 5.89. The van der Waals surface area contributed by atoms with Crippen LogP contribution in [0.2, 0.25) is 0 Å². The summed E-state index contributed by atoms with van der Waals surface area (Å²) < 4.78 is 12.3. The summed E-state index contributed by atoms with van der Waals surface area (Å²) in [7, 11) is 3.49. The lowest BCUT2D eigenvalue weighted by Gasteiger charge is -2.08. The largest absolute Gasteiger partial charge is 0.496 e. The summed E-state index contributed by atoms with van der Waals surface area (Å²) in [5.41, 5.74) is 9.97. The molecular formula is C15H16N4O2. The normalized spacial score (nSPS) is 10.8. The highest BCUT2D eigenvalue weighted by atomic mass is 16.5. The molecule has 0 atom stereocenters. The fraction of sp³-hybridized carbons (Fsp3) is 0.200. The average Bonchev–Trinajstić information content (AvgIpc) is 3.01. The van der Waals surface area contributed by atoms with Gasteiger partial charge in [-0.1, -0.05) is 23.4 Å². The Kier molecular flexibility index (Phi) is 3.13. The van der Waals surface area contributed by atoms with Crippen LogP contribution >= 0.6 is 0 Å². The topological polar surface area (TPSA) is 79.1 Å². The molecule has 108 valence electrons. The third-order valence-corrected chi connectivity index (χ3v) is 3.36. The second-order valence-electron chi connectivity index (χ2n) is 4.77. The number of ether oxygens (including phenoxy) is 1. The Labute approximate surface area is 122 Å². The number of para-hydroxylation sites is 1. The van der Waals surface area contributed by atoms with Crippen molar-refractivity contribution in [3.63, 3.8) is 0 Å². The summed E-state index contributed by atoms with van der Waals surface area (Å²) in [6.07, 6.45) is 1.89. The Morgan fingerprint density at radius 1 is 1.24 bits per heavy atom. The van der Waals surface area contributed by atoms with Crippen LogP contribution < -0.4 is 10.5 Å². The number of rotatable bonds is 3. The first-order valence-electron chi connectivity index (χ1n) is 6.51. The van der Waals surface area contributed by atoms with Crippen molar-refractivity contribution < 1.29 is 9.26 Å². The first kappa shape index (κ1) is 13.2. The zero-order valence-corrected chi connectivity index (χ0v) is 12.1. The van der Waals surface area contributed by atoms with Crippen molar-refractivity contribution in [2.24, 2.45) is 7.05 Å². The number of anilines is 1. The van der Waals surface area contributed by atoms with Crippen molar-refractivity contribution in [1.29, 1.82) is 0 Å². The van der Waals surface area contributed by atoms with Crippen LogP contribution in [0.5, 0.6) is 5.75 Å². The van der Waals surface area contributed by atoms with Gasteiger partial charge in [0.1, 0.15) is 11.4 Å². The lowest BCUT2D eigenvalue weighted by molar-refractivity contribution is 0.416. The zero-order chi connectivity index (χ0) is 15.0. The van der Waals surface area contributed by atoms with Crippen molar-refractivity contribution >= 4 is 5.88 Å². The summed E-state index contributed by atoms with van der Waals surface area (Å²) in [5, 5.41) is 8.44. The smallest absolute Gasteiger partial charge is 0.230 e. The van der Waals surface area contributed by atoms with E-state index in [1.54, 1.807) is 11.8 Å². The minimum Gasteiger partial charge on any atom is -0.496 e. The maximum absolute atomic E-state index is 5.98. The number of aryl methyl sites for hydroxylation is 2. The fourth-order valence-electron chi connectivity index (χ4n) is 2.43. The van der Waals surface area contributed by atoms with Crippen molar-refractivity contribution in [3.05, 3.63) is 36.2 Å². The lowest BCUT2D eigenvalue weighted by atomic mass is 10.0. The van der Waals surface area contributed by atoms with Gasteiger partial charge in [0.25, 0.3) is 0 Å². The highest BCUT2D eigenvalue weighted by Gasteiger charge is 2.22. The Bertz CT molecular complexity index is 789. The van der Waals surface area contributed by atoms with Crippen molar-refractivity contribution in [2.75, 3.05) is 12.8 Å². The summed E-state index contributed by atoms with van der Waals surface area (Å²) in [5.74, 6) is 0.980. The number of benzene rings is 1. The summed E-state index contributed by atoms with van der Waals surface area (Å²) >= 11 is 0. The van der Waals surface area contributed by atoms with Crippen LogP contribution in [0.3, 0.4) is 0 Å². The monoisotopic (exact) mass is 284 g/mol. The molecule has 0 spiro atoms. The van der Waals surface area contributed by atoms with Gasteiger partial charge in [-0.3, -0.25) is 4.68 Å². The lowest BCUT2D eigenvalue weighted by Crippen LogP contribution is -1.92. The molecule has 6 nitrogen and oxygen atoms in total. The van der Waals surface area contributed by atoms with E-state index in [1.165, 1.54) is 0 Å². The third kappa shape index (κ3) is 2.14. The van der Waals surface area contributed by atoms with E-state index in [-0.39, 0.29) is 5.88 Å². The van der Waals surface area contributed by atoms with Crippen LogP contribution in [0.4, 0.5) is 5.88 Å². The van der Waals surface area contributed by atoms with Gasteiger partial charge in [0, 0.05) is 24.4 Å². The van der Waals surface area contributed by atoms with Crippen LogP contribution in [0.1, 0.15) is 5.69 Å². The second kappa shape index (κ2) is 4.97. The van der Waals surface area contributed by atoms with Gasteiger partial charge >= 0.3 is 0 Å². The van der Waals surface area contributed by atoms with Crippen LogP contribution in [0.25, 0.3) is 22.4 Å². The molecule has 0 bridgehead atoms. The molecule has 2 heterocycles. The number of hydrogen-bond donors (Lipinski definition) is 1. The van der Waals surface area contributed by atoms with Gasteiger partial charge in [0.05, 0.1) is 18.4 Å². The predicted molar refractivity (Wildman–Crippen MR) is 79.8 cm³/mol. The molecule has 6 heteroatoms. The molecule has 1 aromatic carbocycles. The minimum atomic E-state index is 0.262. The highest BCUT2D eigenvalue weighted by Crippen LogP contribution is 2.41. The number of hydrogen-bond acceptors (Lipinski definition) is 5. The summed E-state index contributed by atoms with van der Waals surface area (Å²) in [6, 6.07) is 7.63. The molecule has 0 unspecified atom stereocenters. The van der Waals surface area contributed by atoms with E-state index >= 15 is 0 Å². The molecule has 2 N–H and O–H groups in total. The summed E-state index contributed by atoms with van der Waals surface area (Å²) in [4.78, 5) is 0. The number of nitrogens with two attached hydrogens (primary N) is 1. The number of nitrogens with zero attached hydrogens (tertiary/aromatic N) is 3. The van der Waals surface area contributed by atoms with Crippen LogP contribution in [-0.4, -0.2) is 22.0 Å². The van der Waals surface area contributed by atoms with Crippen molar-refractivity contribution in [2.45, 2.75) is 6.92 Å². The first-order chi connectivity index (χ1) is 10.1. The van der Waals surface area contributed by atoms with E-state index in [2.05, 4.69) is 10.3 Å². The van der Waals surface area contributed by atoms with Gasteiger partial charge in [-0.15, -0.1) is 0 Å². The number of methoxy groups -OCH3 is 1. The molecule has 0 saturated carbocycles. The Morgan fingerprint density at radius 2 is 2.00 bits per heavy atom. The molecular weight excluding hydrogens is 268 g/mol. The number of nitrogen functional groups attached to an aromatic ring is 1. The van der Waals surface area contributed by atoms with Crippen LogP contribution in [0, 0.1) is 6.92 Å². The molecule has 0 saturated heterocycles. The van der Waals surface area contributed by atoms with Crippen LogP contribution in [-0.2, 0) is 7.05 Å². The average molecular weight is 284 g/mol. The molecule has 21 heavy (non-hydrogen) atoms. The van der Waals surface area contributed by atoms with Gasteiger partial charge < -0.3 is 15.0 Å². The molecule has 0 aliphatic rings. The molecule has 0 amide bonds. The maximum Gasteiger partial charge on any atom is 0.230 e. The zero-order valence-electron chi connectivity index (χ0n) is 12.1. The molecule has 0 fully saturated rings. The van der Waals surface area contributed by atoms with Gasteiger partial charge in [0.15, 0.2) is 0 Å². The van der Waals surface area contributed by atoms with Gasteiger partial charge in [-0.05, 0) is 13.0 Å². The first-order valence-corrected chi connectivity index (χ1v) is 6.51. The maximum atomic E-state index is 5.98. The quantitative estimate of drug-likeness (QED) is 0.799. The van der Waals surface area contributed by atoms with E-state index in [0.29, 0.717) is 5.69 Å². The van der Waals surface area contributed by atoms with Crippen LogP contribution in [0.15, 0.2) is 35.0 Å². The van der Waals surface area contributed by atoms with E-state index in [0.717, 1.165) is 28.1 Å². The molecule has 0 aliphatic carbocycles. The second-order valence-corrected chi connectivity index (χ2v) is 4.77. The third-order valence-electron chi connectivity index (χ3n) is 3.36. The Hall–Kier alpha value is -2.76. The van der Waals surface area contributed by atoms with Crippen molar-refractivity contribution in [1.82, 2.24) is 14.9 Å². The van der Waals surface area contributed by atoms with E-state index < -0.39 is 0 Å². The molecule has 3 rings (SSSR count). The van der Waals surface area contributed by atoms with E-state index in [9.17, 15) is 0 Å². The SMILES string of the molecule is COc1ccccc1-c1c(-c2cn(C)nc2C)noc1N.